The molecule has 1 heterocycles. The summed E-state index contributed by atoms with van der Waals surface area (Å²) in [5, 5.41) is 0. The molecule has 0 saturated carbocycles. The number of carbonyl (C=O) groups excluding carboxylic acids is 1. The molecular weight excluding hydrogens is 130 g/mol. The second kappa shape index (κ2) is 2.82. The molecule has 56 valence electrons. The van der Waals surface area contributed by atoms with Crippen molar-refractivity contribution in [3.63, 3.8) is 0 Å². The van der Waals surface area contributed by atoms with Crippen LogP contribution in [0, 0.1) is 0 Å². The number of esters is 1. The van der Waals surface area contributed by atoms with Crippen LogP contribution in [0.1, 0.15) is 19.8 Å². The first-order chi connectivity index (χ1) is 4.74. The Morgan fingerprint density at radius 1 is 1.80 bits per heavy atom. The van der Waals surface area contributed by atoms with Crippen LogP contribution in [0.3, 0.4) is 0 Å². The van der Waals surface area contributed by atoms with Gasteiger partial charge in [0.2, 0.25) is 0 Å². The molecule has 0 radical (unpaired) electrons. The molecule has 0 aliphatic carbocycles. The van der Waals surface area contributed by atoms with E-state index in [2.05, 4.69) is 9.73 Å². The molecule has 1 aliphatic rings. The molecule has 0 aromatic heterocycles. The highest BCUT2D eigenvalue weighted by molar-refractivity contribution is 5.89. The molecule has 0 fully saturated rings. The Balaban J connectivity index is 2.52. The minimum atomic E-state index is -0.218. The fourth-order valence-corrected chi connectivity index (χ4v) is 1.05. The van der Waals surface area contributed by atoms with E-state index in [4.69, 9.17) is 0 Å². The lowest BCUT2D eigenvalue weighted by atomic mass is 10.2. The van der Waals surface area contributed by atoms with Gasteiger partial charge >= 0.3 is 5.97 Å². The molecule has 0 amide bonds. The Kier molecular flexibility index (Phi) is 2.04. The number of carbonyl (C=O) groups is 1. The summed E-state index contributed by atoms with van der Waals surface area (Å²) in [7, 11) is 1.39. The van der Waals surface area contributed by atoms with Crippen molar-refractivity contribution in [2.75, 3.05) is 7.11 Å². The summed E-state index contributed by atoms with van der Waals surface area (Å²) in [5.41, 5.74) is 1.05. The smallest absolute Gasteiger partial charge is 0.330 e. The molecule has 3 heteroatoms. The number of rotatable bonds is 1. The minimum absolute atomic E-state index is 0.211. The average Bonchev–Trinajstić information content (AvgIpc) is 2.34. The summed E-state index contributed by atoms with van der Waals surface area (Å²) in [6.45, 7) is 1.93. The van der Waals surface area contributed by atoms with Crippen LogP contribution in [0.25, 0.3) is 0 Å². The molecule has 1 unspecified atom stereocenters. The third-order valence-corrected chi connectivity index (χ3v) is 1.63. The molecular formula is C7H11NO2. The van der Waals surface area contributed by atoms with Crippen LogP contribution < -0.4 is 0 Å². The van der Waals surface area contributed by atoms with Crippen LogP contribution >= 0.6 is 0 Å². The second-order valence-electron chi connectivity index (χ2n) is 2.44. The van der Waals surface area contributed by atoms with E-state index in [1.54, 1.807) is 0 Å². The van der Waals surface area contributed by atoms with Crippen molar-refractivity contribution in [3.05, 3.63) is 0 Å². The summed E-state index contributed by atoms with van der Waals surface area (Å²) in [6.07, 6.45) is 1.75. The number of methoxy groups -OCH3 is 1. The molecule has 1 aliphatic heterocycles. The van der Waals surface area contributed by atoms with E-state index in [9.17, 15) is 4.79 Å². The summed E-state index contributed by atoms with van der Waals surface area (Å²) >= 11 is 0. The number of hydrogen-bond acceptors (Lipinski definition) is 3. The van der Waals surface area contributed by atoms with Crippen LogP contribution in [0.2, 0.25) is 0 Å². The third kappa shape index (κ3) is 1.35. The van der Waals surface area contributed by atoms with E-state index >= 15 is 0 Å². The van der Waals surface area contributed by atoms with Gasteiger partial charge < -0.3 is 4.74 Å². The summed E-state index contributed by atoms with van der Waals surface area (Å²) in [5.74, 6) is -0.211. The first-order valence-corrected chi connectivity index (χ1v) is 3.35. The minimum Gasteiger partial charge on any atom is -0.467 e. The van der Waals surface area contributed by atoms with Crippen LogP contribution in [0.4, 0.5) is 0 Å². The maximum absolute atomic E-state index is 10.8. The van der Waals surface area contributed by atoms with Crippen LogP contribution in [-0.2, 0) is 9.53 Å². The Labute approximate surface area is 60.1 Å². The maximum atomic E-state index is 10.8. The quantitative estimate of drug-likeness (QED) is 0.506. The standard InChI is InChI=1S/C7H11NO2/c1-5-3-4-6(8-5)7(9)10-2/h6H,3-4H2,1-2H3. The zero-order valence-electron chi connectivity index (χ0n) is 6.26. The van der Waals surface area contributed by atoms with Crippen molar-refractivity contribution >= 4 is 11.7 Å². The predicted molar refractivity (Wildman–Crippen MR) is 38.1 cm³/mol. The molecule has 0 bridgehead atoms. The normalized spacial score (nSPS) is 24.2. The fourth-order valence-electron chi connectivity index (χ4n) is 1.05. The van der Waals surface area contributed by atoms with Crippen molar-refractivity contribution in [2.45, 2.75) is 25.8 Å². The van der Waals surface area contributed by atoms with Crippen LogP contribution in [0.5, 0.6) is 0 Å². The predicted octanol–water partition coefficient (Wildman–Crippen LogP) is 0.783. The van der Waals surface area contributed by atoms with Gasteiger partial charge in [-0.1, -0.05) is 0 Å². The lowest BCUT2D eigenvalue weighted by molar-refractivity contribution is -0.141. The molecule has 0 aromatic rings. The summed E-state index contributed by atoms with van der Waals surface area (Å²) in [4.78, 5) is 14.9. The fraction of sp³-hybridized carbons (Fsp3) is 0.714. The number of aliphatic imine (C=N–C) groups is 1. The van der Waals surface area contributed by atoms with Gasteiger partial charge in [-0.3, -0.25) is 4.99 Å². The Hall–Kier alpha value is -0.860. The second-order valence-corrected chi connectivity index (χ2v) is 2.44. The molecule has 3 nitrogen and oxygen atoms in total. The zero-order valence-corrected chi connectivity index (χ0v) is 6.26. The van der Waals surface area contributed by atoms with E-state index < -0.39 is 0 Å². The number of hydrogen-bond donors (Lipinski definition) is 0. The Morgan fingerprint density at radius 3 is 2.90 bits per heavy atom. The van der Waals surface area contributed by atoms with Gasteiger partial charge in [-0.25, -0.2) is 4.79 Å². The van der Waals surface area contributed by atoms with Gasteiger partial charge in [0.25, 0.3) is 0 Å². The van der Waals surface area contributed by atoms with Crippen molar-refractivity contribution in [2.24, 2.45) is 4.99 Å². The van der Waals surface area contributed by atoms with Gasteiger partial charge in [0.05, 0.1) is 7.11 Å². The molecule has 0 aromatic carbocycles. The van der Waals surface area contributed by atoms with E-state index in [0.717, 1.165) is 18.6 Å². The first kappa shape index (κ1) is 7.25. The molecule has 1 rings (SSSR count). The van der Waals surface area contributed by atoms with E-state index in [1.165, 1.54) is 7.11 Å². The lowest BCUT2D eigenvalue weighted by Gasteiger charge is -2.01. The molecule has 0 saturated heterocycles. The third-order valence-electron chi connectivity index (χ3n) is 1.63. The van der Waals surface area contributed by atoms with Crippen molar-refractivity contribution < 1.29 is 9.53 Å². The van der Waals surface area contributed by atoms with Crippen molar-refractivity contribution in [1.82, 2.24) is 0 Å². The largest absolute Gasteiger partial charge is 0.467 e. The van der Waals surface area contributed by atoms with E-state index in [0.29, 0.717) is 0 Å². The van der Waals surface area contributed by atoms with E-state index in [1.807, 2.05) is 6.92 Å². The van der Waals surface area contributed by atoms with E-state index in [-0.39, 0.29) is 12.0 Å². The number of ether oxygens (including phenoxy) is 1. The van der Waals surface area contributed by atoms with Gasteiger partial charge in [-0.15, -0.1) is 0 Å². The average molecular weight is 141 g/mol. The number of nitrogens with zero attached hydrogens (tertiary/aromatic N) is 1. The van der Waals surface area contributed by atoms with Crippen LogP contribution in [0.15, 0.2) is 4.99 Å². The summed E-state index contributed by atoms with van der Waals surface area (Å²) in [6, 6.07) is -0.218. The topological polar surface area (TPSA) is 38.7 Å². The van der Waals surface area contributed by atoms with Gasteiger partial charge in [0.1, 0.15) is 6.04 Å². The molecule has 0 spiro atoms. The van der Waals surface area contributed by atoms with Gasteiger partial charge in [0.15, 0.2) is 0 Å². The summed E-state index contributed by atoms with van der Waals surface area (Å²) < 4.78 is 4.54. The van der Waals surface area contributed by atoms with Crippen LogP contribution in [-0.4, -0.2) is 24.8 Å². The van der Waals surface area contributed by atoms with Gasteiger partial charge in [-0.05, 0) is 19.8 Å². The lowest BCUT2D eigenvalue weighted by Crippen LogP contribution is -2.16. The zero-order chi connectivity index (χ0) is 7.56. The first-order valence-electron chi connectivity index (χ1n) is 3.35. The Morgan fingerprint density at radius 2 is 2.50 bits per heavy atom. The highest BCUT2D eigenvalue weighted by atomic mass is 16.5. The molecule has 1 atom stereocenters. The van der Waals surface area contributed by atoms with Crippen molar-refractivity contribution in [3.8, 4) is 0 Å². The Bertz CT molecular complexity index is 174. The highest BCUT2D eigenvalue weighted by Crippen LogP contribution is 2.13. The van der Waals surface area contributed by atoms with Gasteiger partial charge in [0, 0.05) is 5.71 Å². The van der Waals surface area contributed by atoms with Gasteiger partial charge in [-0.2, -0.15) is 0 Å². The maximum Gasteiger partial charge on any atom is 0.330 e. The molecule has 10 heavy (non-hydrogen) atoms. The highest BCUT2D eigenvalue weighted by Gasteiger charge is 2.22. The SMILES string of the molecule is COC(=O)C1CCC(C)=N1. The van der Waals surface area contributed by atoms with Crippen molar-refractivity contribution in [1.29, 1.82) is 0 Å². The molecule has 0 N–H and O–H groups in total. The monoisotopic (exact) mass is 141 g/mol.